The van der Waals surface area contributed by atoms with Crippen molar-refractivity contribution in [1.82, 2.24) is 4.90 Å². The van der Waals surface area contributed by atoms with Gasteiger partial charge in [-0.15, -0.1) is 0 Å². The van der Waals surface area contributed by atoms with Crippen molar-refractivity contribution >= 4 is 5.91 Å². The summed E-state index contributed by atoms with van der Waals surface area (Å²) in [7, 11) is 0. The van der Waals surface area contributed by atoms with E-state index >= 15 is 0 Å². The van der Waals surface area contributed by atoms with E-state index in [0.29, 0.717) is 24.9 Å². The fourth-order valence-electron chi connectivity index (χ4n) is 3.31. The maximum atomic E-state index is 12.8. The predicted molar refractivity (Wildman–Crippen MR) is 75.5 cm³/mol. The van der Waals surface area contributed by atoms with Gasteiger partial charge in [-0.25, -0.2) is 0 Å². The van der Waals surface area contributed by atoms with Gasteiger partial charge in [-0.05, 0) is 50.9 Å². The minimum atomic E-state index is 0.00282. The zero-order chi connectivity index (χ0) is 13.8. The molecule has 3 unspecified atom stereocenters. The van der Waals surface area contributed by atoms with Gasteiger partial charge in [0.2, 0.25) is 5.91 Å². The molecule has 4 nitrogen and oxygen atoms in total. The molecule has 0 spiro atoms. The molecule has 2 aliphatic rings. The number of carbonyl (C=O) groups excluding carboxylic acids is 1. The molecule has 0 saturated heterocycles. The first-order valence-electron chi connectivity index (χ1n) is 7.80. The van der Waals surface area contributed by atoms with E-state index in [1.807, 2.05) is 4.90 Å². The van der Waals surface area contributed by atoms with Crippen molar-refractivity contribution in [1.29, 1.82) is 0 Å². The molecule has 0 radical (unpaired) electrons. The summed E-state index contributed by atoms with van der Waals surface area (Å²) in [5.41, 5.74) is 6.17. The van der Waals surface area contributed by atoms with E-state index in [2.05, 4.69) is 6.92 Å². The highest BCUT2D eigenvalue weighted by molar-refractivity contribution is 5.80. The summed E-state index contributed by atoms with van der Waals surface area (Å²) < 4.78 is 0. The number of aliphatic hydroxyl groups excluding tert-OH is 1. The van der Waals surface area contributed by atoms with E-state index in [1.54, 1.807) is 0 Å². The summed E-state index contributed by atoms with van der Waals surface area (Å²) in [5, 5.41) is 9.01. The summed E-state index contributed by atoms with van der Waals surface area (Å²) in [6.45, 7) is 3.06. The van der Waals surface area contributed by atoms with E-state index in [4.69, 9.17) is 10.8 Å². The topological polar surface area (TPSA) is 66.6 Å². The van der Waals surface area contributed by atoms with Crippen LogP contribution in [0, 0.1) is 11.8 Å². The summed E-state index contributed by atoms with van der Waals surface area (Å²) in [5.74, 6) is 0.857. The number of carbonyl (C=O) groups is 1. The first-order chi connectivity index (χ1) is 9.13. The molecule has 0 aromatic heterocycles. The van der Waals surface area contributed by atoms with Crippen LogP contribution in [0.4, 0.5) is 0 Å². The third-order valence-electron chi connectivity index (χ3n) is 4.84. The van der Waals surface area contributed by atoms with E-state index in [1.165, 1.54) is 6.42 Å². The quantitative estimate of drug-likeness (QED) is 0.794. The van der Waals surface area contributed by atoms with Crippen molar-refractivity contribution in [3.63, 3.8) is 0 Å². The van der Waals surface area contributed by atoms with Gasteiger partial charge >= 0.3 is 0 Å². The summed E-state index contributed by atoms with van der Waals surface area (Å²) in [6.07, 6.45) is 7.19. The Labute approximate surface area is 116 Å². The highest BCUT2D eigenvalue weighted by Crippen LogP contribution is 2.32. The van der Waals surface area contributed by atoms with Crippen molar-refractivity contribution in [2.24, 2.45) is 17.6 Å². The minimum absolute atomic E-state index is 0.00282. The fraction of sp³-hybridized carbons (Fsp3) is 0.933. The van der Waals surface area contributed by atoms with Crippen molar-refractivity contribution in [3.05, 3.63) is 0 Å². The van der Waals surface area contributed by atoms with Crippen LogP contribution in [-0.4, -0.2) is 41.1 Å². The molecule has 3 N–H and O–H groups in total. The molecule has 110 valence electrons. The van der Waals surface area contributed by atoms with Gasteiger partial charge in [-0.3, -0.25) is 4.79 Å². The van der Waals surface area contributed by atoms with E-state index in [9.17, 15) is 4.79 Å². The number of hydrogen-bond acceptors (Lipinski definition) is 3. The van der Waals surface area contributed by atoms with Gasteiger partial charge < -0.3 is 15.7 Å². The molecule has 0 aromatic carbocycles. The summed E-state index contributed by atoms with van der Waals surface area (Å²) >= 11 is 0. The third-order valence-corrected chi connectivity index (χ3v) is 4.84. The Morgan fingerprint density at radius 1 is 1.32 bits per heavy atom. The van der Waals surface area contributed by atoms with E-state index < -0.39 is 0 Å². The summed E-state index contributed by atoms with van der Waals surface area (Å²) in [6, 6.07) is 0.434. The Morgan fingerprint density at radius 3 is 2.63 bits per heavy atom. The number of nitrogens with two attached hydrogens (primary N) is 1. The minimum Gasteiger partial charge on any atom is -0.396 e. The lowest BCUT2D eigenvalue weighted by Crippen LogP contribution is -2.52. The van der Waals surface area contributed by atoms with Gasteiger partial charge in [-0.2, -0.15) is 0 Å². The summed E-state index contributed by atoms with van der Waals surface area (Å²) in [4.78, 5) is 14.8. The van der Waals surface area contributed by atoms with Gasteiger partial charge in [0.25, 0.3) is 0 Å². The monoisotopic (exact) mass is 268 g/mol. The van der Waals surface area contributed by atoms with Crippen LogP contribution in [0.15, 0.2) is 0 Å². The lowest BCUT2D eigenvalue weighted by atomic mass is 9.77. The van der Waals surface area contributed by atoms with Gasteiger partial charge in [0, 0.05) is 25.2 Å². The maximum Gasteiger partial charge on any atom is 0.227 e. The number of aliphatic hydroxyl groups is 1. The Kier molecular flexibility index (Phi) is 5.22. The lowest BCUT2D eigenvalue weighted by molar-refractivity contribution is -0.142. The van der Waals surface area contributed by atoms with Gasteiger partial charge in [-0.1, -0.05) is 6.92 Å². The number of nitrogens with zero attached hydrogens (tertiary/aromatic N) is 1. The van der Waals surface area contributed by atoms with Crippen LogP contribution in [0.5, 0.6) is 0 Å². The molecule has 1 amide bonds. The Hall–Kier alpha value is -0.610. The molecule has 3 atom stereocenters. The fourth-order valence-corrected chi connectivity index (χ4v) is 3.31. The Bertz CT molecular complexity index is 305. The molecule has 2 fully saturated rings. The second-order valence-corrected chi connectivity index (χ2v) is 6.38. The standard InChI is InChI=1S/C15H28N2O2/c1-11-6-7-14(16)13(10-11)15(19)17(8-3-9-18)12-4-2-5-12/h11-14,18H,2-10,16H2,1H3. The van der Waals surface area contributed by atoms with Crippen LogP contribution in [0.3, 0.4) is 0 Å². The highest BCUT2D eigenvalue weighted by atomic mass is 16.3. The third kappa shape index (κ3) is 3.48. The second-order valence-electron chi connectivity index (χ2n) is 6.38. The zero-order valence-electron chi connectivity index (χ0n) is 12.1. The lowest BCUT2D eigenvalue weighted by Gasteiger charge is -2.42. The molecule has 4 heteroatoms. The predicted octanol–water partition coefficient (Wildman–Crippen LogP) is 1.51. The molecule has 19 heavy (non-hydrogen) atoms. The molecular weight excluding hydrogens is 240 g/mol. The van der Waals surface area contributed by atoms with E-state index in [-0.39, 0.29) is 24.5 Å². The molecular formula is C15H28N2O2. The van der Waals surface area contributed by atoms with Crippen LogP contribution in [0.2, 0.25) is 0 Å². The van der Waals surface area contributed by atoms with Crippen molar-refractivity contribution in [2.75, 3.05) is 13.2 Å². The Balaban J connectivity index is 2.00. The molecule has 2 rings (SSSR count). The molecule has 2 aliphatic carbocycles. The average Bonchev–Trinajstić information content (AvgIpc) is 2.34. The van der Waals surface area contributed by atoms with Crippen molar-refractivity contribution in [3.8, 4) is 0 Å². The average molecular weight is 268 g/mol. The smallest absolute Gasteiger partial charge is 0.227 e. The first-order valence-corrected chi connectivity index (χ1v) is 7.80. The first kappa shape index (κ1) is 14.8. The molecule has 0 aliphatic heterocycles. The molecule has 0 aromatic rings. The normalized spacial score (nSPS) is 31.8. The molecule has 2 saturated carbocycles. The van der Waals surface area contributed by atoms with Crippen LogP contribution in [0.1, 0.15) is 51.9 Å². The second kappa shape index (κ2) is 6.71. The van der Waals surface area contributed by atoms with Crippen LogP contribution in [0.25, 0.3) is 0 Å². The number of rotatable bonds is 5. The van der Waals surface area contributed by atoms with Gasteiger partial charge in [0.1, 0.15) is 0 Å². The van der Waals surface area contributed by atoms with Gasteiger partial charge in [0.05, 0.1) is 5.92 Å². The van der Waals surface area contributed by atoms with Crippen LogP contribution in [-0.2, 0) is 4.79 Å². The molecule has 0 heterocycles. The van der Waals surface area contributed by atoms with Crippen molar-refractivity contribution < 1.29 is 9.90 Å². The maximum absolute atomic E-state index is 12.8. The Morgan fingerprint density at radius 2 is 2.05 bits per heavy atom. The van der Waals surface area contributed by atoms with Crippen LogP contribution >= 0.6 is 0 Å². The molecule has 0 bridgehead atoms. The van der Waals surface area contributed by atoms with Gasteiger partial charge in [0.15, 0.2) is 0 Å². The number of amides is 1. The SMILES string of the molecule is CC1CCC(N)C(C(=O)N(CCCO)C2CCC2)C1. The number of hydrogen-bond donors (Lipinski definition) is 2. The van der Waals surface area contributed by atoms with Crippen LogP contribution < -0.4 is 5.73 Å². The van der Waals surface area contributed by atoms with Crippen molar-refractivity contribution in [2.45, 2.75) is 64.0 Å². The van der Waals surface area contributed by atoms with E-state index in [0.717, 1.165) is 32.1 Å². The largest absolute Gasteiger partial charge is 0.396 e. The zero-order valence-corrected chi connectivity index (χ0v) is 12.1. The highest BCUT2D eigenvalue weighted by Gasteiger charge is 2.37.